The number of nitrogens with zero attached hydrogens (tertiary/aromatic N) is 1. The summed E-state index contributed by atoms with van der Waals surface area (Å²) in [6.07, 6.45) is 8.06. The number of aliphatic carboxylic acids is 1. The number of halogens is 1. The molecule has 2 aromatic carbocycles. The maximum Gasteiger partial charge on any atom is 0.308 e. The number of hydrogen-bond acceptors (Lipinski definition) is 3. The van der Waals surface area contributed by atoms with Gasteiger partial charge in [-0.2, -0.15) is 0 Å². The lowest BCUT2D eigenvalue weighted by atomic mass is 9.76. The van der Waals surface area contributed by atoms with Gasteiger partial charge in [0, 0.05) is 17.8 Å². The highest BCUT2D eigenvalue weighted by atomic mass is 19.1. The number of carboxylic acid groups (broad SMARTS) is 1. The molecule has 3 fully saturated rings. The average Bonchev–Trinajstić information content (AvgIpc) is 3.50. The normalized spacial score (nSPS) is 26.9. The van der Waals surface area contributed by atoms with Crippen molar-refractivity contribution in [2.24, 2.45) is 11.8 Å². The SMILES string of the molecule is Cc1cccc(F)c1C(=O)N1C2CCCC2CC(C(=O)O)C1c1ccc(NC2CCCC2)cc1. The van der Waals surface area contributed by atoms with Crippen LogP contribution in [0.4, 0.5) is 10.1 Å². The number of piperidine rings is 1. The molecule has 1 heterocycles. The van der Waals surface area contributed by atoms with Crippen molar-refractivity contribution in [1.82, 2.24) is 4.90 Å². The van der Waals surface area contributed by atoms with Crippen LogP contribution in [0.2, 0.25) is 0 Å². The second kappa shape index (κ2) is 9.40. The number of carboxylic acids is 1. The third kappa shape index (κ3) is 4.19. The molecule has 0 spiro atoms. The fourth-order valence-corrected chi connectivity index (χ4v) is 6.53. The predicted molar refractivity (Wildman–Crippen MR) is 129 cm³/mol. The van der Waals surface area contributed by atoms with Crippen LogP contribution in [0.1, 0.15) is 78.9 Å². The van der Waals surface area contributed by atoms with Gasteiger partial charge in [-0.15, -0.1) is 0 Å². The molecular formula is C28H33FN2O3. The zero-order valence-corrected chi connectivity index (χ0v) is 19.7. The third-order valence-electron chi connectivity index (χ3n) is 8.18. The zero-order valence-electron chi connectivity index (χ0n) is 19.7. The number of carbonyl (C=O) groups is 2. The standard InChI is InChI=1S/C28H33FN2O3/c1-17-6-4-10-23(29)25(17)27(32)31-24-11-5-7-19(24)16-22(28(33)34)26(31)18-12-14-21(15-13-18)30-20-8-2-3-9-20/h4,6,10,12-15,19-20,22,24,26,30H,2-3,5,7-9,11,16H2,1H3,(H,33,34). The molecular weight excluding hydrogens is 431 g/mol. The lowest BCUT2D eigenvalue weighted by molar-refractivity contribution is -0.147. The second-order valence-corrected chi connectivity index (χ2v) is 10.3. The van der Waals surface area contributed by atoms with Gasteiger partial charge in [0.1, 0.15) is 5.82 Å². The van der Waals surface area contributed by atoms with Crippen LogP contribution in [-0.2, 0) is 4.79 Å². The molecule has 4 atom stereocenters. The molecule has 34 heavy (non-hydrogen) atoms. The van der Waals surface area contributed by atoms with Gasteiger partial charge in [0.15, 0.2) is 0 Å². The van der Waals surface area contributed by atoms with Gasteiger partial charge in [-0.3, -0.25) is 9.59 Å². The molecule has 2 saturated carbocycles. The summed E-state index contributed by atoms with van der Waals surface area (Å²) in [5, 5.41) is 13.8. The van der Waals surface area contributed by atoms with Crippen LogP contribution in [-0.4, -0.2) is 34.0 Å². The van der Waals surface area contributed by atoms with Crippen molar-refractivity contribution in [3.05, 3.63) is 65.0 Å². The summed E-state index contributed by atoms with van der Waals surface area (Å²) in [6.45, 7) is 1.74. The molecule has 4 unspecified atom stereocenters. The highest BCUT2D eigenvalue weighted by Gasteiger charge is 2.50. The zero-order chi connectivity index (χ0) is 23.8. The van der Waals surface area contributed by atoms with Gasteiger partial charge in [0.25, 0.3) is 5.91 Å². The van der Waals surface area contributed by atoms with E-state index >= 15 is 0 Å². The quantitative estimate of drug-likeness (QED) is 0.574. The fraction of sp³-hybridized carbons (Fsp3) is 0.500. The van der Waals surface area contributed by atoms with Gasteiger partial charge < -0.3 is 15.3 Å². The van der Waals surface area contributed by atoms with Crippen LogP contribution >= 0.6 is 0 Å². The molecule has 1 aliphatic heterocycles. The number of rotatable bonds is 5. The first kappa shape index (κ1) is 22.9. The van der Waals surface area contributed by atoms with Crippen LogP contribution in [0.15, 0.2) is 42.5 Å². The van der Waals surface area contributed by atoms with Crippen molar-refractivity contribution in [2.45, 2.75) is 76.4 Å². The molecule has 3 aliphatic rings. The minimum Gasteiger partial charge on any atom is -0.481 e. The van der Waals surface area contributed by atoms with E-state index in [0.717, 1.165) is 30.5 Å². The van der Waals surface area contributed by atoms with E-state index in [-0.39, 0.29) is 17.5 Å². The largest absolute Gasteiger partial charge is 0.481 e. The summed E-state index contributed by atoms with van der Waals surface area (Å²) in [5.74, 6) is -2.42. The molecule has 2 aliphatic carbocycles. The summed E-state index contributed by atoms with van der Waals surface area (Å²) in [6, 6.07) is 12.3. The summed E-state index contributed by atoms with van der Waals surface area (Å²) < 4.78 is 14.9. The minimum atomic E-state index is -0.897. The van der Waals surface area contributed by atoms with E-state index < -0.39 is 29.7 Å². The highest BCUT2D eigenvalue weighted by Crippen LogP contribution is 2.48. The first-order valence-corrected chi connectivity index (χ1v) is 12.6. The Balaban J connectivity index is 1.53. The molecule has 2 aromatic rings. The van der Waals surface area contributed by atoms with E-state index in [1.807, 2.05) is 24.3 Å². The van der Waals surface area contributed by atoms with E-state index in [2.05, 4.69) is 5.32 Å². The molecule has 5 nitrogen and oxygen atoms in total. The van der Waals surface area contributed by atoms with Crippen LogP contribution < -0.4 is 5.32 Å². The lowest BCUT2D eigenvalue weighted by Gasteiger charge is -2.47. The number of anilines is 1. The number of likely N-dealkylation sites (tertiary alicyclic amines) is 1. The molecule has 180 valence electrons. The topological polar surface area (TPSA) is 69.6 Å². The Labute approximate surface area is 200 Å². The van der Waals surface area contributed by atoms with Gasteiger partial charge in [0.05, 0.1) is 17.5 Å². The molecule has 1 saturated heterocycles. The molecule has 0 bridgehead atoms. The smallest absolute Gasteiger partial charge is 0.308 e. The van der Waals surface area contributed by atoms with E-state index in [9.17, 15) is 19.1 Å². The van der Waals surface area contributed by atoms with Crippen LogP contribution in [0.25, 0.3) is 0 Å². The Hall–Kier alpha value is -2.89. The number of amides is 1. The number of benzene rings is 2. The summed E-state index contributed by atoms with van der Waals surface area (Å²) in [4.78, 5) is 28.1. The van der Waals surface area contributed by atoms with Gasteiger partial charge in [-0.25, -0.2) is 4.39 Å². The molecule has 2 N–H and O–H groups in total. The summed E-state index contributed by atoms with van der Waals surface area (Å²) in [7, 11) is 0. The predicted octanol–water partition coefficient (Wildman–Crippen LogP) is 5.95. The van der Waals surface area contributed by atoms with E-state index in [1.54, 1.807) is 24.0 Å². The van der Waals surface area contributed by atoms with E-state index in [0.29, 0.717) is 18.0 Å². The second-order valence-electron chi connectivity index (χ2n) is 10.3. The monoisotopic (exact) mass is 464 g/mol. The number of nitrogens with one attached hydrogen (secondary N) is 1. The van der Waals surface area contributed by atoms with E-state index in [4.69, 9.17) is 0 Å². The molecule has 1 amide bonds. The van der Waals surface area contributed by atoms with Crippen molar-refractivity contribution in [3.63, 3.8) is 0 Å². The third-order valence-corrected chi connectivity index (χ3v) is 8.18. The highest BCUT2D eigenvalue weighted by molar-refractivity contribution is 5.97. The van der Waals surface area contributed by atoms with Crippen LogP contribution in [0, 0.1) is 24.6 Å². The Kier molecular flexibility index (Phi) is 6.32. The number of aryl methyl sites for hydroxylation is 1. The van der Waals surface area contributed by atoms with Crippen LogP contribution in [0.3, 0.4) is 0 Å². The van der Waals surface area contributed by atoms with Crippen molar-refractivity contribution in [1.29, 1.82) is 0 Å². The van der Waals surface area contributed by atoms with Crippen molar-refractivity contribution >= 4 is 17.6 Å². The van der Waals surface area contributed by atoms with Crippen molar-refractivity contribution in [2.75, 3.05) is 5.32 Å². The Morgan fingerprint density at radius 3 is 2.41 bits per heavy atom. The maximum atomic E-state index is 14.9. The fourth-order valence-electron chi connectivity index (χ4n) is 6.53. The van der Waals surface area contributed by atoms with Crippen molar-refractivity contribution < 1.29 is 19.1 Å². The summed E-state index contributed by atoms with van der Waals surface area (Å²) >= 11 is 0. The lowest BCUT2D eigenvalue weighted by Crippen LogP contribution is -2.53. The van der Waals surface area contributed by atoms with Gasteiger partial charge in [0.2, 0.25) is 0 Å². The molecule has 0 aromatic heterocycles. The Morgan fingerprint density at radius 1 is 1.00 bits per heavy atom. The van der Waals surface area contributed by atoms with Gasteiger partial charge in [-0.1, -0.05) is 43.5 Å². The Morgan fingerprint density at radius 2 is 1.74 bits per heavy atom. The minimum absolute atomic E-state index is 0.0590. The van der Waals surface area contributed by atoms with E-state index in [1.165, 1.54) is 31.7 Å². The number of hydrogen-bond donors (Lipinski definition) is 2. The van der Waals surface area contributed by atoms with Crippen molar-refractivity contribution in [3.8, 4) is 0 Å². The number of fused-ring (bicyclic) bond motifs is 1. The average molecular weight is 465 g/mol. The molecule has 5 rings (SSSR count). The Bertz CT molecular complexity index is 1040. The van der Waals surface area contributed by atoms with Gasteiger partial charge >= 0.3 is 5.97 Å². The van der Waals surface area contributed by atoms with Gasteiger partial charge in [-0.05, 0) is 74.3 Å². The number of carbonyl (C=O) groups excluding carboxylic acids is 1. The maximum absolute atomic E-state index is 14.9. The molecule has 6 heteroatoms. The molecule has 0 radical (unpaired) electrons. The first-order chi connectivity index (χ1) is 16.4. The first-order valence-electron chi connectivity index (χ1n) is 12.6. The van der Waals surface area contributed by atoms with Crippen LogP contribution in [0.5, 0.6) is 0 Å². The summed E-state index contributed by atoms with van der Waals surface area (Å²) in [5.41, 5.74) is 2.45.